The molecule has 1 fully saturated rings. The maximum absolute atomic E-state index is 12.4. The quantitative estimate of drug-likeness (QED) is 0.856. The highest BCUT2D eigenvalue weighted by atomic mass is 79.9. The molecular formula is C14H13BrN2OS. The van der Waals surface area contributed by atoms with Gasteiger partial charge in [-0.05, 0) is 30.0 Å². The molecule has 1 aliphatic rings. The third kappa shape index (κ3) is 2.58. The summed E-state index contributed by atoms with van der Waals surface area (Å²) in [5.74, 6) is 0.621. The molecule has 1 saturated carbocycles. The molecule has 0 saturated heterocycles. The number of aromatic nitrogens is 1. The molecule has 0 aliphatic heterocycles. The zero-order valence-electron chi connectivity index (χ0n) is 10.4. The first kappa shape index (κ1) is 12.8. The maximum Gasteiger partial charge on any atom is 0.232 e. The molecule has 19 heavy (non-hydrogen) atoms. The van der Waals surface area contributed by atoms with Gasteiger partial charge >= 0.3 is 0 Å². The molecule has 1 heterocycles. The predicted octanol–water partition coefficient (Wildman–Crippen LogP) is 3.67. The summed E-state index contributed by atoms with van der Waals surface area (Å²) in [6.07, 6.45) is 2.66. The van der Waals surface area contributed by atoms with Crippen molar-refractivity contribution in [3.63, 3.8) is 0 Å². The summed E-state index contributed by atoms with van der Waals surface area (Å²) < 4.78 is 1.07. The summed E-state index contributed by atoms with van der Waals surface area (Å²) in [7, 11) is 1.80. The van der Waals surface area contributed by atoms with Crippen molar-refractivity contribution >= 4 is 38.3 Å². The molecule has 2 atom stereocenters. The van der Waals surface area contributed by atoms with Gasteiger partial charge in [0, 0.05) is 29.0 Å². The van der Waals surface area contributed by atoms with Crippen LogP contribution in [0, 0.1) is 5.92 Å². The van der Waals surface area contributed by atoms with Gasteiger partial charge in [0.15, 0.2) is 5.13 Å². The molecule has 1 aromatic heterocycles. The van der Waals surface area contributed by atoms with E-state index in [2.05, 4.69) is 33.0 Å². The number of nitrogens with zero attached hydrogens (tertiary/aromatic N) is 2. The Morgan fingerprint density at radius 2 is 2.37 bits per heavy atom. The summed E-state index contributed by atoms with van der Waals surface area (Å²) in [6, 6.07) is 8.21. The van der Waals surface area contributed by atoms with Crippen LogP contribution >= 0.6 is 27.3 Å². The molecule has 0 bridgehead atoms. The number of amides is 1. The van der Waals surface area contributed by atoms with Crippen molar-refractivity contribution < 1.29 is 4.79 Å². The Labute approximate surface area is 124 Å². The van der Waals surface area contributed by atoms with Gasteiger partial charge in [0.2, 0.25) is 5.91 Å². The molecule has 1 aliphatic carbocycles. The molecule has 0 N–H and O–H groups in total. The minimum absolute atomic E-state index is 0.100. The monoisotopic (exact) mass is 336 g/mol. The lowest BCUT2D eigenvalue weighted by atomic mass is 10.1. The van der Waals surface area contributed by atoms with Gasteiger partial charge in [0.1, 0.15) is 0 Å². The molecule has 3 rings (SSSR count). The summed E-state index contributed by atoms with van der Waals surface area (Å²) in [5, 5.41) is 2.66. The second kappa shape index (κ2) is 5.06. The van der Waals surface area contributed by atoms with Crippen molar-refractivity contribution in [1.29, 1.82) is 0 Å². The maximum atomic E-state index is 12.4. The van der Waals surface area contributed by atoms with Crippen LogP contribution in [0.15, 0.2) is 40.3 Å². The molecule has 0 spiro atoms. The van der Waals surface area contributed by atoms with Gasteiger partial charge in [0.05, 0.1) is 0 Å². The van der Waals surface area contributed by atoms with E-state index in [-0.39, 0.29) is 11.8 Å². The topological polar surface area (TPSA) is 33.2 Å². The minimum Gasteiger partial charge on any atom is -0.291 e. The number of thiazole rings is 1. The summed E-state index contributed by atoms with van der Waals surface area (Å²) in [4.78, 5) is 18.2. The van der Waals surface area contributed by atoms with Gasteiger partial charge < -0.3 is 0 Å². The fraction of sp³-hybridized carbons (Fsp3) is 0.286. The highest BCUT2D eigenvalue weighted by Gasteiger charge is 2.45. The van der Waals surface area contributed by atoms with Crippen molar-refractivity contribution in [2.45, 2.75) is 12.3 Å². The highest BCUT2D eigenvalue weighted by molar-refractivity contribution is 9.10. The van der Waals surface area contributed by atoms with E-state index in [0.29, 0.717) is 5.92 Å². The number of hydrogen-bond acceptors (Lipinski definition) is 3. The first-order chi connectivity index (χ1) is 9.16. The largest absolute Gasteiger partial charge is 0.291 e. The van der Waals surface area contributed by atoms with E-state index in [1.807, 2.05) is 17.5 Å². The van der Waals surface area contributed by atoms with Crippen molar-refractivity contribution in [1.82, 2.24) is 4.98 Å². The smallest absolute Gasteiger partial charge is 0.232 e. The van der Waals surface area contributed by atoms with Crippen LogP contribution in [0.4, 0.5) is 5.13 Å². The number of carbonyl (C=O) groups is 1. The Morgan fingerprint density at radius 1 is 1.53 bits per heavy atom. The molecular weight excluding hydrogens is 324 g/mol. The van der Waals surface area contributed by atoms with Gasteiger partial charge in [-0.1, -0.05) is 28.1 Å². The van der Waals surface area contributed by atoms with Gasteiger partial charge in [0.25, 0.3) is 0 Å². The molecule has 0 unspecified atom stereocenters. The molecule has 3 nitrogen and oxygen atoms in total. The molecule has 98 valence electrons. The van der Waals surface area contributed by atoms with Crippen molar-refractivity contribution in [2.75, 3.05) is 11.9 Å². The number of carbonyl (C=O) groups excluding carboxylic acids is 1. The first-order valence-corrected chi connectivity index (χ1v) is 7.76. The average Bonchev–Trinajstić information content (AvgIpc) is 3.02. The first-order valence-electron chi connectivity index (χ1n) is 6.09. The fourth-order valence-electron chi connectivity index (χ4n) is 2.30. The number of benzene rings is 1. The fourth-order valence-corrected chi connectivity index (χ4v) is 3.33. The Hall–Kier alpha value is -1.20. The molecule has 1 amide bonds. The minimum atomic E-state index is 0.100. The van der Waals surface area contributed by atoms with Crippen LogP contribution in [-0.4, -0.2) is 17.9 Å². The normalized spacial score (nSPS) is 21.2. The van der Waals surface area contributed by atoms with Gasteiger partial charge in [-0.2, -0.15) is 0 Å². The summed E-state index contributed by atoms with van der Waals surface area (Å²) in [6.45, 7) is 0. The van der Waals surface area contributed by atoms with Crippen LogP contribution < -0.4 is 4.90 Å². The number of halogens is 1. The molecule has 5 heteroatoms. The van der Waals surface area contributed by atoms with E-state index in [4.69, 9.17) is 0 Å². The number of hydrogen-bond donors (Lipinski definition) is 0. The van der Waals surface area contributed by atoms with Gasteiger partial charge in [-0.15, -0.1) is 11.3 Å². The highest BCUT2D eigenvalue weighted by Crippen LogP contribution is 2.49. The van der Waals surface area contributed by atoms with Crippen LogP contribution in [0.1, 0.15) is 17.9 Å². The Morgan fingerprint density at radius 3 is 3.05 bits per heavy atom. The van der Waals surface area contributed by atoms with Crippen molar-refractivity contribution in [2.24, 2.45) is 5.92 Å². The third-order valence-electron chi connectivity index (χ3n) is 3.42. The molecule has 0 radical (unpaired) electrons. The number of rotatable bonds is 3. The second-order valence-corrected chi connectivity index (χ2v) is 6.50. The summed E-state index contributed by atoms with van der Waals surface area (Å²) in [5.41, 5.74) is 1.24. The van der Waals surface area contributed by atoms with E-state index in [9.17, 15) is 4.79 Å². The Bertz CT molecular complexity index is 599. The zero-order valence-corrected chi connectivity index (χ0v) is 12.8. The lowest BCUT2D eigenvalue weighted by Gasteiger charge is -2.13. The van der Waals surface area contributed by atoms with Crippen LogP contribution in [0.3, 0.4) is 0 Å². The standard InChI is InChI=1S/C14H13BrN2OS/c1-17(14-16-5-6-19-14)13(18)12-8-11(12)9-3-2-4-10(15)7-9/h2-7,11-12H,8H2,1H3/t11-,12-/m1/s1. The van der Waals surface area contributed by atoms with E-state index in [1.165, 1.54) is 16.9 Å². The van der Waals surface area contributed by atoms with Crippen LogP contribution in [0.5, 0.6) is 0 Å². The Balaban J connectivity index is 1.71. The average molecular weight is 337 g/mol. The lowest BCUT2D eigenvalue weighted by molar-refractivity contribution is -0.119. The number of anilines is 1. The van der Waals surface area contributed by atoms with Crippen LogP contribution in [-0.2, 0) is 4.79 Å². The van der Waals surface area contributed by atoms with E-state index < -0.39 is 0 Å². The van der Waals surface area contributed by atoms with Gasteiger partial charge in [-0.25, -0.2) is 4.98 Å². The van der Waals surface area contributed by atoms with Crippen LogP contribution in [0.2, 0.25) is 0 Å². The molecule has 1 aromatic carbocycles. The van der Waals surface area contributed by atoms with Crippen LogP contribution in [0.25, 0.3) is 0 Å². The van der Waals surface area contributed by atoms with Crippen molar-refractivity contribution in [3.05, 3.63) is 45.9 Å². The lowest BCUT2D eigenvalue weighted by Crippen LogP contribution is -2.28. The second-order valence-electron chi connectivity index (χ2n) is 4.72. The van der Waals surface area contributed by atoms with Crippen molar-refractivity contribution in [3.8, 4) is 0 Å². The zero-order chi connectivity index (χ0) is 13.4. The SMILES string of the molecule is CN(C(=O)[C@@H]1C[C@@H]1c1cccc(Br)c1)c1nccs1. The Kier molecular flexibility index (Phi) is 3.41. The molecule has 2 aromatic rings. The van der Waals surface area contributed by atoms with E-state index >= 15 is 0 Å². The van der Waals surface area contributed by atoms with E-state index in [1.54, 1.807) is 18.1 Å². The van der Waals surface area contributed by atoms with Gasteiger partial charge in [-0.3, -0.25) is 9.69 Å². The summed E-state index contributed by atoms with van der Waals surface area (Å²) >= 11 is 4.96. The predicted molar refractivity (Wildman–Crippen MR) is 80.5 cm³/mol. The third-order valence-corrected chi connectivity index (χ3v) is 4.76. The van der Waals surface area contributed by atoms with E-state index in [0.717, 1.165) is 16.0 Å².